The molecule has 6 heteroatoms. The minimum absolute atomic E-state index is 0.0188. The molecule has 0 spiro atoms. The van der Waals surface area contributed by atoms with E-state index in [2.05, 4.69) is 50.4 Å². The number of rotatable bonds is 9. The van der Waals surface area contributed by atoms with Gasteiger partial charge in [0.25, 0.3) is 0 Å². The number of nitrogens with zero attached hydrogens (tertiary/aromatic N) is 2. The molecule has 1 heterocycles. The zero-order valence-corrected chi connectivity index (χ0v) is 18.9. The topological polar surface area (TPSA) is 69.7 Å². The van der Waals surface area contributed by atoms with E-state index in [1.807, 2.05) is 0 Å². The number of nitrogens with one attached hydrogen (secondary N) is 1. The summed E-state index contributed by atoms with van der Waals surface area (Å²) in [6, 6.07) is 8.45. The van der Waals surface area contributed by atoms with E-state index in [1.165, 1.54) is 18.4 Å². The molecule has 1 atom stereocenters. The Balaban J connectivity index is 1.84. The Morgan fingerprint density at radius 3 is 2.10 bits per heavy atom. The van der Waals surface area contributed by atoms with Crippen LogP contribution in [0.15, 0.2) is 24.3 Å². The van der Waals surface area contributed by atoms with Gasteiger partial charge in [-0.25, -0.2) is 0 Å². The second-order valence-corrected chi connectivity index (χ2v) is 8.52. The first kappa shape index (κ1) is 23.9. The molecule has 1 aromatic rings. The summed E-state index contributed by atoms with van der Waals surface area (Å²) in [4.78, 5) is 39.9. The largest absolute Gasteiger partial charge is 0.349 e. The first-order chi connectivity index (χ1) is 14.3. The van der Waals surface area contributed by atoms with Crippen molar-refractivity contribution < 1.29 is 14.4 Å². The third-order valence-corrected chi connectivity index (χ3v) is 5.78. The maximum Gasteiger partial charge on any atom is 0.223 e. The average Bonchev–Trinajstić information content (AvgIpc) is 2.74. The average molecular weight is 416 g/mol. The van der Waals surface area contributed by atoms with Crippen LogP contribution in [0, 0.1) is 5.92 Å². The predicted molar refractivity (Wildman–Crippen MR) is 119 cm³/mol. The van der Waals surface area contributed by atoms with Crippen LogP contribution in [0.25, 0.3) is 0 Å². The molecule has 1 aliphatic heterocycles. The molecule has 6 nitrogen and oxygen atoms in total. The zero-order valence-electron chi connectivity index (χ0n) is 18.9. The number of hydrogen-bond acceptors (Lipinski definition) is 3. The van der Waals surface area contributed by atoms with Crippen LogP contribution in [0.2, 0.25) is 0 Å². The summed E-state index contributed by atoms with van der Waals surface area (Å²) in [5.41, 5.74) is 2.43. The molecule has 1 aromatic carbocycles. The van der Waals surface area contributed by atoms with Crippen molar-refractivity contribution in [3.8, 4) is 0 Å². The molecular weight excluding hydrogens is 378 g/mol. The van der Waals surface area contributed by atoms with E-state index in [4.69, 9.17) is 0 Å². The van der Waals surface area contributed by atoms with Gasteiger partial charge >= 0.3 is 0 Å². The van der Waals surface area contributed by atoms with E-state index >= 15 is 0 Å². The Morgan fingerprint density at radius 1 is 0.967 bits per heavy atom. The van der Waals surface area contributed by atoms with Gasteiger partial charge in [-0.05, 0) is 29.9 Å². The highest BCUT2D eigenvalue weighted by Gasteiger charge is 2.23. The van der Waals surface area contributed by atoms with Gasteiger partial charge in [-0.15, -0.1) is 0 Å². The monoisotopic (exact) mass is 415 g/mol. The number of benzene rings is 1. The molecule has 0 unspecified atom stereocenters. The number of carbonyl (C=O) groups is 3. The summed E-state index contributed by atoms with van der Waals surface area (Å²) in [7, 11) is 0. The molecular formula is C24H37N3O3. The van der Waals surface area contributed by atoms with Gasteiger partial charge in [0, 0.05) is 45.9 Å². The van der Waals surface area contributed by atoms with E-state index in [0.29, 0.717) is 26.2 Å². The normalized spacial score (nSPS) is 15.2. The summed E-state index contributed by atoms with van der Waals surface area (Å²) in [5, 5.41) is 3.11. The third kappa shape index (κ3) is 7.15. The van der Waals surface area contributed by atoms with Crippen molar-refractivity contribution in [1.29, 1.82) is 0 Å². The molecule has 166 valence electrons. The van der Waals surface area contributed by atoms with Crippen molar-refractivity contribution in [2.24, 2.45) is 5.92 Å². The van der Waals surface area contributed by atoms with Crippen molar-refractivity contribution >= 4 is 17.7 Å². The molecule has 0 aliphatic carbocycles. The number of piperazine rings is 1. The fraction of sp³-hybridized carbons (Fsp3) is 0.625. The van der Waals surface area contributed by atoms with Crippen LogP contribution in [0.4, 0.5) is 0 Å². The highest BCUT2D eigenvalue weighted by Crippen LogP contribution is 2.23. The SMILES string of the molecule is CCCCc1ccc([C@@H](NC(=O)CCC(=O)N2CCN(C(C)=O)CC2)C(C)C)cc1. The summed E-state index contributed by atoms with van der Waals surface area (Å²) in [6.07, 6.45) is 3.83. The van der Waals surface area contributed by atoms with Crippen molar-refractivity contribution in [3.05, 3.63) is 35.4 Å². The van der Waals surface area contributed by atoms with E-state index < -0.39 is 0 Å². The molecule has 2 rings (SSSR count). The molecule has 3 amide bonds. The first-order valence-electron chi connectivity index (χ1n) is 11.2. The molecule has 1 saturated heterocycles. The summed E-state index contributed by atoms with van der Waals surface area (Å²) in [6.45, 7) is 10.1. The van der Waals surface area contributed by atoms with Gasteiger partial charge < -0.3 is 15.1 Å². The molecule has 1 fully saturated rings. The molecule has 0 aromatic heterocycles. The number of aryl methyl sites for hydroxylation is 1. The number of hydrogen-bond donors (Lipinski definition) is 1. The van der Waals surface area contributed by atoms with Crippen molar-refractivity contribution in [1.82, 2.24) is 15.1 Å². The van der Waals surface area contributed by atoms with Crippen LogP contribution < -0.4 is 5.32 Å². The smallest absolute Gasteiger partial charge is 0.223 e. The molecule has 0 saturated carbocycles. The minimum Gasteiger partial charge on any atom is -0.349 e. The maximum absolute atomic E-state index is 12.5. The van der Waals surface area contributed by atoms with Gasteiger partial charge in [-0.3, -0.25) is 14.4 Å². The van der Waals surface area contributed by atoms with Gasteiger partial charge in [0.15, 0.2) is 0 Å². The van der Waals surface area contributed by atoms with E-state index in [0.717, 1.165) is 12.0 Å². The Labute approximate surface area is 181 Å². The fourth-order valence-electron chi connectivity index (χ4n) is 3.80. The molecule has 0 radical (unpaired) electrons. The van der Waals surface area contributed by atoms with Gasteiger partial charge in [-0.1, -0.05) is 51.5 Å². The second-order valence-electron chi connectivity index (χ2n) is 8.52. The second kappa shape index (κ2) is 11.7. The lowest BCUT2D eigenvalue weighted by molar-refractivity contribution is -0.139. The Kier molecular flexibility index (Phi) is 9.34. The lowest BCUT2D eigenvalue weighted by atomic mass is 9.94. The summed E-state index contributed by atoms with van der Waals surface area (Å²) < 4.78 is 0. The van der Waals surface area contributed by atoms with E-state index in [9.17, 15) is 14.4 Å². The van der Waals surface area contributed by atoms with Crippen molar-refractivity contribution in [2.45, 2.75) is 65.8 Å². The van der Waals surface area contributed by atoms with Crippen LogP contribution in [-0.2, 0) is 20.8 Å². The number of amides is 3. The van der Waals surface area contributed by atoms with Gasteiger partial charge in [0.2, 0.25) is 17.7 Å². The van der Waals surface area contributed by atoms with Crippen LogP contribution in [-0.4, -0.2) is 53.7 Å². The Morgan fingerprint density at radius 2 is 1.57 bits per heavy atom. The highest BCUT2D eigenvalue weighted by atomic mass is 16.2. The predicted octanol–water partition coefficient (Wildman–Crippen LogP) is 3.31. The quantitative estimate of drug-likeness (QED) is 0.673. The van der Waals surface area contributed by atoms with Crippen molar-refractivity contribution in [3.63, 3.8) is 0 Å². The van der Waals surface area contributed by atoms with E-state index in [1.54, 1.807) is 16.7 Å². The van der Waals surface area contributed by atoms with Crippen LogP contribution in [0.3, 0.4) is 0 Å². The fourth-order valence-corrected chi connectivity index (χ4v) is 3.80. The minimum atomic E-state index is -0.0977. The number of unbranched alkanes of at least 4 members (excludes halogenated alkanes) is 1. The molecule has 30 heavy (non-hydrogen) atoms. The van der Waals surface area contributed by atoms with Gasteiger partial charge in [0.05, 0.1) is 6.04 Å². The summed E-state index contributed by atoms with van der Waals surface area (Å²) in [5.74, 6) is 0.180. The van der Waals surface area contributed by atoms with Crippen LogP contribution in [0.1, 0.15) is 70.5 Å². The standard InChI is InChI=1S/C24H37N3O3/c1-5-6-7-20-8-10-21(11-9-20)24(18(2)3)25-22(29)12-13-23(30)27-16-14-26(15-17-27)19(4)28/h8-11,18,24H,5-7,12-17H2,1-4H3,(H,25,29)/t24-/m0/s1. The molecule has 1 aliphatic rings. The Bertz CT molecular complexity index is 707. The zero-order chi connectivity index (χ0) is 22.1. The third-order valence-electron chi connectivity index (χ3n) is 5.78. The lowest BCUT2D eigenvalue weighted by Crippen LogP contribution is -2.50. The van der Waals surface area contributed by atoms with Crippen LogP contribution in [0.5, 0.6) is 0 Å². The summed E-state index contributed by atoms with van der Waals surface area (Å²) >= 11 is 0. The molecule has 0 bridgehead atoms. The first-order valence-corrected chi connectivity index (χ1v) is 11.2. The number of carbonyl (C=O) groups excluding carboxylic acids is 3. The maximum atomic E-state index is 12.5. The highest BCUT2D eigenvalue weighted by molar-refractivity contribution is 5.84. The van der Waals surface area contributed by atoms with Crippen molar-refractivity contribution in [2.75, 3.05) is 26.2 Å². The van der Waals surface area contributed by atoms with E-state index in [-0.39, 0.29) is 42.5 Å². The van der Waals surface area contributed by atoms with Crippen LogP contribution >= 0.6 is 0 Å². The molecule has 1 N–H and O–H groups in total. The van der Waals surface area contributed by atoms with Gasteiger partial charge in [-0.2, -0.15) is 0 Å². The lowest BCUT2D eigenvalue weighted by Gasteiger charge is -2.34. The Hall–Kier alpha value is -2.37. The van der Waals surface area contributed by atoms with Gasteiger partial charge in [0.1, 0.15) is 0 Å².